The molecule has 2 aliphatic rings. The summed E-state index contributed by atoms with van der Waals surface area (Å²) in [6, 6.07) is 0.175. The Morgan fingerprint density at radius 2 is 1.96 bits per heavy atom. The van der Waals surface area contributed by atoms with Crippen LogP contribution in [-0.2, 0) is 9.53 Å². The number of likely N-dealkylation sites (tertiary alicyclic amines) is 1. The van der Waals surface area contributed by atoms with Gasteiger partial charge in [0.25, 0.3) is 0 Å². The molecule has 1 saturated carbocycles. The van der Waals surface area contributed by atoms with Crippen LogP contribution >= 0.6 is 0 Å². The molecule has 2 rings (SSSR count). The first-order valence-electron chi connectivity index (χ1n) is 9.27. The third kappa shape index (κ3) is 4.48. The molecule has 1 aliphatic carbocycles. The summed E-state index contributed by atoms with van der Waals surface area (Å²) in [5.74, 6) is 0.974. The number of hydrogen-bond donors (Lipinski definition) is 0. The maximum Gasteiger partial charge on any atom is 0.410 e. The number of rotatable bonds is 2. The molecule has 0 aromatic carbocycles. The highest BCUT2D eigenvalue weighted by molar-refractivity contribution is 5.83. The molecule has 132 valence electrons. The van der Waals surface area contributed by atoms with Crippen LogP contribution in [-0.4, -0.2) is 34.5 Å². The van der Waals surface area contributed by atoms with Gasteiger partial charge in [-0.05, 0) is 65.7 Å². The Balaban J connectivity index is 2.19. The minimum absolute atomic E-state index is 0.00367. The second-order valence-electron chi connectivity index (χ2n) is 8.36. The van der Waals surface area contributed by atoms with E-state index >= 15 is 0 Å². The van der Waals surface area contributed by atoms with Crippen molar-refractivity contribution in [2.24, 2.45) is 11.8 Å². The van der Waals surface area contributed by atoms with E-state index < -0.39 is 5.60 Å². The Bertz CT molecular complexity index is 440. The van der Waals surface area contributed by atoms with Gasteiger partial charge < -0.3 is 9.64 Å². The van der Waals surface area contributed by atoms with E-state index in [2.05, 4.69) is 13.8 Å². The topological polar surface area (TPSA) is 46.6 Å². The standard InChI is InChI=1S/C19H33NO3/c1-6-14-10-11-17(21)15(12-14)16-9-7-8-13(2)20(16)18(22)23-19(3,4)5/h13-16H,6-12H2,1-5H3. The Morgan fingerprint density at radius 1 is 1.26 bits per heavy atom. The lowest BCUT2D eigenvalue weighted by atomic mass is 9.73. The molecule has 23 heavy (non-hydrogen) atoms. The minimum atomic E-state index is -0.499. The number of Topliss-reactive ketones (excluding diaryl/α,β-unsaturated/α-hetero) is 1. The molecule has 2 fully saturated rings. The zero-order chi connectivity index (χ0) is 17.2. The smallest absolute Gasteiger partial charge is 0.410 e. The van der Waals surface area contributed by atoms with E-state index in [0.29, 0.717) is 18.1 Å². The van der Waals surface area contributed by atoms with Crippen molar-refractivity contribution in [1.29, 1.82) is 0 Å². The summed E-state index contributed by atoms with van der Waals surface area (Å²) in [7, 11) is 0. The number of carbonyl (C=O) groups excluding carboxylic acids is 2. The van der Waals surface area contributed by atoms with Gasteiger partial charge in [0, 0.05) is 24.4 Å². The molecule has 4 atom stereocenters. The van der Waals surface area contributed by atoms with Crippen LogP contribution in [0.3, 0.4) is 0 Å². The van der Waals surface area contributed by atoms with Crippen LogP contribution in [0, 0.1) is 11.8 Å². The Kier molecular flexibility index (Phi) is 5.74. The van der Waals surface area contributed by atoms with Crippen LogP contribution in [0.15, 0.2) is 0 Å². The van der Waals surface area contributed by atoms with Crippen molar-refractivity contribution in [2.45, 2.75) is 97.2 Å². The van der Waals surface area contributed by atoms with E-state index in [4.69, 9.17) is 4.74 Å². The molecule has 0 N–H and O–H groups in total. The van der Waals surface area contributed by atoms with Crippen molar-refractivity contribution in [2.75, 3.05) is 0 Å². The van der Waals surface area contributed by atoms with E-state index in [1.165, 1.54) is 0 Å². The number of carbonyl (C=O) groups is 2. The maximum absolute atomic E-state index is 12.7. The van der Waals surface area contributed by atoms with E-state index in [1.54, 1.807) is 0 Å². The molecule has 1 aliphatic heterocycles. The van der Waals surface area contributed by atoms with E-state index in [9.17, 15) is 9.59 Å². The van der Waals surface area contributed by atoms with Gasteiger partial charge in [0.05, 0.1) is 0 Å². The summed E-state index contributed by atoms with van der Waals surface area (Å²) in [6.45, 7) is 9.97. The third-order valence-corrected chi connectivity index (χ3v) is 5.40. The molecular formula is C19H33NO3. The van der Waals surface area contributed by atoms with Gasteiger partial charge in [-0.1, -0.05) is 13.3 Å². The Labute approximate surface area is 140 Å². The molecular weight excluding hydrogens is 290 g/mol. The van der Waals surface area contributed by atoms with E-state index in [1.807, 2.05) is 25.7 Å². The number of piperidine rings is 1. The predicted molar refractivity (Wildman–Crippen MR) is 91.3 cm³/mol. The second kappa shape index (κ2) is 7.23. The summed E-state index contributed by atoms with van der Waals surface area (Å²) < 4.78 is 5.63. The molecule has 1 amide bonds. The van der Waals surface area contributed by atoms with Crippen molar-refractivity contribution in [3.8, 4) is 0 Å². The van der Waals surface area contributed by atoms with Crippen molar-refractivity contribution in [1.82, 2.24) is 4.90 Å². The van der Waals surface area contributed by atoms with Gasteiger partial charge in [0.2, 0.25) is 0 Å². The molecule has 0 spiro atoms. The first kappa shape index (κ1) is 18.3. The molecule has 4 nitrogen and oxygen atoms in total. The van der Waals surface area contributed by atoms with Crippen LogP contribution in [0.1, 0.15) is 79.6 Å². The van der Waals surface area contributed by atoms with Gasteiger partial charge in [-0.15, -0.1) is 0 Å². The SMILES string of the molecule is CCC1CCC(=O)C(C2CCCC(C)N2C(=O)OC(C)(C)C)C1. The average molecular weight is 323 g/mol. The Morgan fingerprint density at radius 3 is 2.57 bits per heavy atom. The number of ether oxygens (including phenoxy) is 1. The molecule has 0 radical (unpaired) electrons. The third-order valence-electron chi connectivity index (χ3n) is 5.40. The molecule has 0 aromatic heterocycles. The second-order valence-corrected chi connectivity index (χ2v) is 8.36. The first-order chi connectivity index (χ1) is 10.7. The first-order valence-corrected chi connectivity index (χ1v) is 9.27. The van der Waals surface area contributed by atoms with E-state index in [0.717, 1.165) is 38.5 Å². The molecule has 4 unspecified atom stereocenters. The predicted octanol–water partition coefficient (Wildman–Crippen LogP) is 4.56. The minimum Gasteiger partial charge on any atom is -0.444 e. The van der Waals surface area contributed by atoms with Crippen molar-refractivity contribution in [3.63, 3.8) is 0 Å². The van der Waals surface area contributed by atoms with Crippen LogP contribution in [0.25, 0.3) is 0 Å². The number of nitrogens with zero attached hydrogens (tertiary/aromatic N) is 1. The summed E-state index contributed by atoms with van der Waals surface area (Å²) in [4.78, 5) is 27.1. The average Bonchev–Trinajstić information content (AvgIpc) is 2.45. The van der Waals surface area contributed by atoms with Crippen molar-refractivity contribution >= 4 is 11.9 Å². The zero-order valence-corrected chi connectivity index (χ0v) is 15.4. The number of ketones is 1. The fraction of sp³-hybridized carbons (Fsp3) is 0.895. The van der Waals surface area contributed by atoms with Gasteiger partial charge >= 0.3 is 6.09 Å². The lowest BCUT2D eigenvalue weighted by Crippen LogP contribution is -2.55. The molecule has 0 bridgehead atoms. The normalized spacial score (nSPS) is 32.7. The summed E-state index contributed by atoms with van der Waals surface area (Å²) in [6.07, 6.45) is 6.51. The van der Waals surface area contributed by atoms with E-state index in [-0.39, 0.29) is 24.1 Å². The highest BCUT2D eigenvalue weighted by Crippen LogP contribution is 2.37. The van der Waals surface area contributed by atoms with Gasteiger partial charge in [0.15, 0.2) is 0 Å². The van der Waals surface area contributed by atoms with Crippen LogP contribution in [0.2, 0.25) is 0 Å². The highest BCUT2D eigenvalue weighted by atomic mass is 16.6. The monoisotopic (exact) mass is 323 g/mol. The highest BCUT2D eigenvalue weighted by Gasteiger charge is 2.43. The van der Waals surface area contributed by atoms with Gasteiger partial charge in [-0.25, -0.2) is 4.79 Å². The van der Waals surface area contributed by atoms with Crippen molar-refractivity contribution in [3.05, 3.63) is 0 Å². The van der Waals surface area contributed by atoms with Crippen LogP contribution < -0.4 is 0 Å². The fourth-order valence-electron chi connectivity index (χ4n) is 4.14. The zero-order valence-electron chi connectivity index (χ0n) is 15.4. The molecule has 0 aromatic rings. The van der Waals surface area contributed by atoms with Crippen molar-refractivity contribution < 1.29 is 14.3 Å². The summed E-state index contributed by atoms with van der Waals surface area (Å²) in [5.41, 5.74) is -0.499. The van der Waals surface area contributed by atoms with Crippen LogP contribution in [0.5, 0.6) is 0 Å². The quantitative estimate of drug-likeness (QED) is 0.748. The maximum atomic E-state index is 12.7. The number of amides is 1. The van der Waals surface area contributed by atoms with Gasteiger partial charge in [-0.2, -0.15) is 0 Å². The summed E-state index contributed by atoms with van der Waals surface area (Å²) in [5, 5.41) is 0. The van der Waals surface area contributed by atoms with Crippen LogP contribution in [0.4, 0.5) is 4.79 Å². The number of hydrogen-bond acceptors (Lipinski definition) is 3. The Hall–Kier alpha value is -1.06. The lowest BCUT2D eigenvalue weighted by molar-refractivity contribution is -0.129. The van der Waals surface area contributed by atoms with Gasteiger partial charge in [-0.3, -0.25) is 4.79 Å². The lowest BCUT2D eigenvalue weighted by Gasteiger charge is -2.45. The van der Waals surface area contributed by atoms with Gasteiger partial charge in [0.1, 0.15) is 11.4 Å². The molecule has 4 heteroatoms. The summed E-state index contributed by atoms with van der Waals surface area (Å²) >= 11 is 0. The fourth-order valence-corrected chi connectivity index (χ4v) is 4.14. The molecule has 1 saturated heterocycles. The molecule has 1 heterocycles. The largest absolute Gasteiger partial charge is 0.444 e.